The number of likely N-dealkylation sites (tertiary alicyclic amines) is 4. The van der Waals surface area contributed by atoms with E-state index >= 15 is 0 Å². The van der Waals surface area contributed by atoms with Crippen molar-refractivity contribution >= 4 is 5.91 Å². The Balaban J connectivity index is -0.000000633. The number of aromatic nitrogens is 2. The second-order valence-corrected chi connectivity index (χ2v) is 36.6. The molecule has 1 aliphatic carbocycles. The van der Waals surface area contributed by atoms with Crippen LogP contribution < -0.4 is 58.5 Å². The van der Waals surface area contributed by atoms with Crippen LogP contribution in [0.4, 0.5) is 13.2 Å². The van der Waals surface area contributed by atoms with Crippen LogP contribution in [0.1, 0.15) is 285 Å². The fourth-order valence-corrected chi connectivity index (χ4v) is 13.1. The van der Waals surface area contributed by atoms with Crippen molar-refractivity contribution in [3.05, 3.63) is 125 Å². The van der Waals surface area contributed by atoms with E-state index in [9.17, 15) is 23.1 Å². The number of carbonyl (C=O) groups is 1. The van der Waals surface area contributed by atoms with Crippen molar-refractivity contribution < 1.29 is 23.1 Å². The average molecular weight is 1730 g/mol. The molecule has 1 saturated carbocycles. The maximum atomic E-state index is 12.2. The topological polar surface area (TPSA) is 200 Å². The molecule has 2 aromatic heterocycles. The van der Waals surface area contributed by atoms with E-state index in [-0.39, 0.29) is 41.7 Å². The molecule has 1 amide bonds. The molecule has 1 unspecified atom stereocenters. The highest BCUT2D eigenvalue weighted by molar-refractivity contribution is 5.78. The van der Waals surface area contributed by atoms with Crippen LogP contribution >= 0.6 is 0 Å². The molecule has 0 radical (unpaired) electrons. The van der Waals surface area contributed by atoms with Crippen LogP contribution in [0.15, 0.2) is 91.5 Å². The van der Waals surface area contributed by atoms with Crippen molar-refractivity contribution in [1.29, 1.82) is 0 Å². The fourth-order valence-electron chi connectivity index (χ4n) is 13.1. The Morgan fingerprint density at radius 2 is 0.779 bits per heavy atom. The molecule has 6 aliphatic rings. The van der Waals surface area contributed by atoms with Crippen molar-refractivity contribution in [2.75, 3.05) is 131 Å². The third-order valence-corrected chi connectivity index (χ3v) is 20.8. The molecule has 6 fully saturated rings. The van der Waals surface area contributed by atoms with Gasteiger partial charge in [-0.05, 0) is 178 Å². The summed E-state index contributed by atoms with van der Waals surface area (Å²) in [5.41, 5.74) is 6.00. The molecule has 0 spiro atoms. The van der Waals surface area contributed by atoms with Crippen LogP contribution in [0, 0.1) is 31.6 Å². The highest BCUT2D eigenvalue weighted by Crippen LogP contribution is 2.29. The van der Waals surface area contributed by atoms with Gasteiger partial charge < -0.3 is 87.8 Å². The number of carbonyl (C=O) groups excluding carboxylic acids is 1. The van der Waals surface area contributed by atoms with Gasteiger partial charge in [0.1, 0.15) is 0 Å². The monoisotopic (exact) mass is 1730 g/mol. The van der Waals surface area contributed by atoms with Gasteiger partial charge in [-0.1, -0.05) is 253 Å². The standard InChI is InChI=1S/2C11H17N.C10H15F3N2.C10H22N2O.C10H22N2.C10H21N.C9H20N2.C9H14N2.C8H16N2O.C8H18N2.4CH4/c2*1-9(2)12-8-11-6-4-10(3)5-7-11;1-8(2)14-4-6-15-5-3-9(7-15)10(11,12)13;1-9(2)11-5-8-12-6-3-10(13)4-7-12;1-9(2)11-8-10-4-6-12(3)7-5-10;1-9(2)11-8-10-6-4-3-5-7-10;1-9(2)10-5-8-11-6-3-4-7-11;1-8(2)11-7-9-4-3-5-10-6-9;1-6(2)9-4-7-3-8(11)10-5-7;1-8(2)9-4-7-10-5-3-6-10;;;;/h2*4-7,9,12H,8H2,1-3H3;3,5,7-8,14H,4,6H2,1-2H3;9-11,13H,3-8H2,1-2H3;9-11H,4-8H2,1-3H3;9-11H,3-8H2,1-2H3;9-10H,3-8H2,1-2H3;3-6,8,11H,7H2,1-2H3;6-7,9H,3-5H2,1-2H3,(H,10,11);8-9H,3-7H2,1-2H3;4*1H4. The zero-order valence-electron chi connectivity index (χ0n) is 79.4. The zero-order chi connectivity index (χ0) is 88.1. The number of halogens is 3. The summed E-state index contributed by atoms with van der Waals surface area (Å²) in [6.07, 6.45) is 18.8. The Bertz CT molecular complexity index is 2830. The van der Waals surface area contributed by atoms with Crippen molar-refractivity contribution in [2.24, 2.45) is 17.8 Å². The third kappa shape index (κ3) is 74.6. The van der Waals surface area contributed by atoms with Crippen molar-refractivity contribution in [3.8, 4) is 0 Å². The van der Waals surface area contributed by atoms with Crippen LogP contribution in [-0.4, -0.2) is 238 Å². The summed E-state index contributed by atoms with van der Waals surface area (Å²) in [6, 6.07) is 28.1. The first-order valence-corrected chi connectivity index (χ1v) is 46.3. The maximum absolute atomic E-state index is 12.2. The van der Waals surface area contributed by atoms with E-state index in [1.807, 2.05) is 26.1 Å². The minimum atomic E-state index is -4.24. The molecule has 12 N–H and O–H groups in total. The Labute approximate surface area is 751 Å². The minimum Gasteiger partial charge on any atom is -0.393 e. The van der Waals surface area contributed by atoms with E-state index in [1.165, 1.54) is 168 Å². The van der Waals surface area contributed by atoms with Crippen molar-refractivity contribution in [1.82, 2.24) is 87.6 Å². The molecule has 5 aliphatic heterocycles. The summed E-state index contributed by atoms with van der Waals surface area (Å²) in [6.45, 7) is 72.6. The van der Waals surface area contributed by atoms with E-state index in [0.29, 0.717) is 85.8 Å². The first-order valence-electron chi connectivity index (χ1n) is 46.3. The molecule has 716 valence electrons. The molecule has 7 heterocycles. The number of aryl methyl sites for hydroxylation is 2. The molecule has 10 rings (SSSR count). The number of benzene rings is 2. The molecule has 19 nitrogen and oxygen atoms in total. The number of hydrogen-bond donors (Lipinski definition) is 12. The van der Waals surface area contributed by atoms with Crippen molar-refractivity contribution in [3.63, 3.8) is 0 Å². The van der Waals surface area contributed by atoms with Crippen LogP contribution in [0.5, 0.6) is 0 Å². The van der Waals surface area contributed by atoms with E-state index in [0.717, 1.165) is 109 Å². The highest BCUT2D eigenvalue weighted by atomic mass is 19.4. The molecule has 122 heavy (non-hydrogen) atoms. The second kappa shape index (κ2) is 76.6. The summed E-state index contributed by atoms with van der Waals surface area (Å²) in [4.78, 5) is 24.6. The van der Waals surface area contributed by atoms with E-state index in [2.05, 4.69) is 283 Å². The van der Waals surface area contributed by atoms with Crippen LogP contribution in [0.3, 0.4) is 0 Å². The van der Waals surface area contributed by atoms with Crippen LogP contribution in [0.25, 0.3) is 0 Å². The molecule has 2 aromatic carbocycles. The van der Waals surface area contributed by atoms with Gasteiger partial charge in [-0.15, -0.1) is 0 Å². The first-order chi connectivity index (χ1) is 56.0. The molecule has 22 heteroatoms. The number of aliphatic hydroxyl groups excluding tert-OH is 1. The number of pyridine rings is 1. The summed E-state index contributed by atoms with van der Waals surface area (Å²) < 4.78 is 38.2. The Hall–Kier alpha value is -4.47. The Morgan fingerprint density at radius 3 is 1.11 bits per heavy atom. The van der Waals surface area contributed by atoms with Gasteiger partial charge in [0.15, 0.2) is 0 Å². The number of alkyl halides is 3. The predicted octanol–water partition coefficient (Wildman–Crippen LogP) is 17.8. The third-order valence-electron chi connectivity index (χ3n) is 20.8. The summed E-state index contributed by atoms with van der Waals surface area (Å²) in [5.74, 6) is 2.60. The number of hydrogen-bond acceptors (Lipinski definition) is 17. The predicted molar refractivity (Wildman–Crippen MR) is 527 cm³/mol. The van der Waals surface area contributed by atoms with Gasteiger partial charge >= 0.3 is 6.18 Å². The zero-order valence-corrected chi connectivity index (χ0v) is 79.4. The van der Waals surface area contributed by atoms with E-state index in [1.54, 1.807) is 6.20 Å². The summed E-state index contributed by atoms with van der Waals surface area (Å²) in [5, 5.41) is 45.9. The second-order valence-electron chi connectivity index (χ2n) is 36.6. The van der Waals surface area contributed by atoms with Crippen LogP contribution in [0.2, 0.25) is 0 Å². The van der Waals surface area contributed by atoms with Gasteiger partial charge in [0.2, 0.25) is 5.91 Å². The molecule has 1 atom stereocenters. The lowest BCUT2D eigenvalue weighted by atomic mass is 9.89. The lowest BCUT2D eigenvalue weighted by Gasteiger charge is -2.30. The molecule has 5 saturated heterocycles. The largest absolute Gasteiger partial charge is 0.417 e. The summed E-state index contributed by atoms with van der Waals surface area (Å²) in [7, 11) is 2.21. The van der Waals surface area contributed by atoms with Gasteiger partial charge in [-0.25, -0.2) is 0 Å². The number of aliphatic hydroxyl groups is 1. The normalized spacial score (nSPS) is 16.5. The van der Waals surface area contributed by atoms with Gasteiger partial charge in [0.05, 0.1) is 11.7 Å². The molecule has 4 aromatic rings. The average Bonchev–Trinajstić information content (AvgIpc) is 1.72. The summed E-state index contributed by atoms with van der Waals surface area (Å²) >= 11 is 0. The molecular formula is C100H198F3N17O2. The lowest BCUT2D eigenvalue weighted by Crippen LogP contribution is -2.42. The number of rotatable bonds is 34. The Kier molecular flexibility index (Phi) is 77.7. The SMILES string of the molecule is C.C.C.C.CC(C)NCC1CCCCC1.CC(C)NCC1CCN(C)CC1.CC(C)NCC1CNC(=O)C1.CC(C)NCCN1CCC(O)CC1.CC(C)NCCN1CCC1.CC(C)NCCN1CCCC1.CC(C)NCCn1ccc(C(F)(F)F)c1.CC(C)NCc1cccnc1.Cc1ccc(CNC(C)C)cc1.Cc1ccc(CNC(C)C)cc1. The van der Waals surface area contributed by atoms with E-state index < -0.39 is 11.7 Å². The first kappa shape index (κ1) is 124. The fraction of sp³-hybridized carbons (Fsp3) is 0.780. The lowest BCUT2D eigenvalue weighted by molar-refractivity contribution is -0.137. The number of amides is 1. The van der Waals surface area contributed by atoms with Gasteiger partial charge in [0.25, 0.3) is 0 Å². The van der Waals surface area contributed by atoms with Gasteiger partial charge in [0, 0.05) is 190 Å². The van der Waals surface area contributed by atoms with Gasteiger partial charge in [-0.2, -0.15) is 13.2 Å². The maximum Gasteiger partial charge on any atom is 0.417 e. The molecular weight excluding hydrogens is 1530 g/mol. The smallest absolute Gasteiger partial charge is 0.393 e. The number of piperidine rings is 2. The number of nitrogens with zero attached hydrogens (tertiary/aromatic N) is 6. The minimum absolute atomic E-state index is 0. The van der Waals surface area contributed by atoms with Gasteiger partial charge in [-0.3, -0.25) is 9.78 Å². The quantitative estimate of drug-likeness (QED) is 0.0211. The van der Waals surface area contributed by atoms with E-state index in [4.69, 9.17) is 0 Å². The van der Waals surface area contributed by atoms with Crippen molar-refractivity contribution in [2.45, 2.75) is 364 Å². The Morgan fingerprint density at radius 1 is 0.418 bits per heavy atom. The molecule has 0 bridgehead atoms. The number of nitrogens with one attached hydrogen (secondary N) is 11. The highest BCUT2D eigenvalue weighted by Gasteiger charge is 2.31. The van der Waals surface area contributed by atoms with Crippen LogP contribution in [-0.2, 0) is 37.1 Å².